The minimum absolute atomic E-state index is 0.203. The van der Waals surface area contributed by atoms with Crippen molar-refractivity contribution in [3.8, 4) is 5.75 Å². The number of carbonyl (C=O) groups is 1. The molecule has 0 radical (unpaired) electrons. The lowest BCUT2D eigenvalue weighted by Crippen LogP contribution is -2.48. The summed E-state index contributed by atoms with van der Waals surface area (Å²) >= 11 is 0. The van der Waals surface area contributed by atoms with Crippen molar-refractivity contribution in [2.75, 3.05) is 38.2 Å². The molecule has 1 fully saturated rings. The number of benzene rings is 1. The van der Waals surface area contributed by atoms with E-state index in [0.29, 0.717) is 43.0 Å². The highest BCUT2D eigenvalue weighted by Crippen LogP contribution is 2.24. The Morgan fingerprint density at radius 1 is 1.19 bits per heavy atom. The molecular formula is C18H17FN4O3. The van der Waals surface area contributed by atoms with Gasteiger partial charge in [-0.05, 0) is 6.07 Å². The molecule has 2 aromatic heterocycles. The summed E-state index contributed by atoms with van der Waals surface area (Å²) in [6.45, 7) is 2.33. The number of piperazine rings is 1. The molecule has 3 heterocycles. The normalized spacial score (nSPS) is 14.7. The number of oxazole rings is 1. The van der Waals surface area contributed by atoms with Gasteiger partial charge in [-0.1, -0.05) is 0 Å². The number of anilines is 1. The fraction of sp³-hybridized carbons (Fsp3) is 0.278. The molecule has 0 N–H and O–H groups in total. The van der Waals surface area contributed by atoms with E-state index in [1.807, 2.05) is 6.07 Å². The summed E-state index contributed by atoms with van der Waals surface area (Å²) in [5.41, 5.74) is 1.80. The first-order valence-electron chi connectivity index (χ1n) is 8.22. The van der Waals surface area contributed by atoms with E-state index in [1.165, 1.54) is 18.5 Å². The quantitative estimate of drug-likeness (QED) is 0.717. The van der Waals surface area contributed by atoms with Crippen molar-refractivity contribution in [3.63, 3.8) is 0 Å². The highest BCUT2D eigenvalue weighted by atomic mass is 19.1. The lowest BCUT2D eigenvalue weighted by molar-refractivity contribution is 0.0747. The Morgan fingerprint density at radius 3 is 2.77 bits per heavy atom. The minimum Gasteiger partial charge on any atom is -0.495 e. The maximum Gasteiger partial charge on any atom is 0.257 e. The second kappa shape index (κ2) is 6.62. The van der Waals surface area contributed by atoms with Crippen LogP contribution in [0.5, 0.6) is 5.75 Å². The van der Waals surface area contributed by atoms with Gasteiger partial charge in [-0.3, -0.25) is 9.78 Å². The van der Waals surface area contributed by atoms with Crippen LogP contribution in [-0.2, 0) is 0 Å². The van der Waals surface area contributed by atoms with Gasteiger partial charge in [-0.25, -0.2) is 9.37 Å². The molecule has 0 saturated carbocycles. The Morgan fingerprint density at radius 2 is 2.00 bits per heavy atom. The molecule has 8 heteroatoms. The Bertz CT molecular complexity index is 951. The minimum atomic E-state index is -0.504. The number of pyridine rings is 1. The number of halogens is 1. The van der Waals surface area contributed by atoms with Crippen molar-refractivity contribution in [1.29, 1.82) is 0 Å². The van der Waals surface area contributed by atoms with Gasteiger partial charge < -0.3 is 19.0 Å². The molecule has 1 aliphatic heterocycles. The fourth-order valence-electron chi connectivity index (χ4n) is 3.12. The highest BCUT2D eigenvalue weighted by Gasteiger charge is 2.25. The molecule has 0 unspecified atom stereocenters. The third-order valence-corrected chi connectivity index (χ3v) is 4.49. The molecule has 1 aromatic carbocycles. The Balaban J connectivity index is 1.50. The lowest BCUT2D eigenvalue weighted by atomic mass is 10.1. The van der Waals surface area contributed by atoms with E-state index in [4.69, 9.17) is 9.15 Å². The highest BCUT2D eigenvalue weighted by molar-refractivity contribution is 6.04. The van der Waals surface area contributed by atoms with Crippen molar-refractivity contribution < 1.29 is 18.3 Å². The van der Waals surface area contributed by atoms with Crippen molar-refractivity contribution >= 4 is 22.7 Å². The van der Waals surface area contributed by atoms with Crippen LogP contribution in [0.1, 0.15) is 10.4 Å². The average molecular weight is 356 g/mol. The predicted octanol–water partition coefficient (Wildman–Crippen LogP) is 2.33. The van der Waals surface area contributed by atoms with E-state index in [0.717, 1.165) is 5.69 Å². The smallest absolute Gasteiger partial charge is 0.257 e. The van der Waals surface area contributed by atoms with Crippen LogP contribution < -0.4 is 9.64 Å². The predicted molar refractivity (Wildman–Crippen MR) is 92.9 cm³/mol. The molecule has 0 bridgehead atoms. The van der Waals surface area contributed by atoms with Crippen molar-refractivity contribution in [2.24, 2.45) is 0 Å². The molecule has 7 nitrogen and oxygen atoms in total. The van der Waals surface area contributed by atoms with Gasteiger partial charge in [0.15, 0.2) is 12.0 Å². The van der Waals surface area contributed by atoms with Gasteiger partial charge in [0.25, 0.3) is 5.91 Å². The van der Waals surface area contributed by atoms with Crippen LogP contribution >= 0.6 is 0 Å². The number of hydrogen-bond acceptors (Lipinski definition) is 6. The lowest BCUT2D eigenvalue weighted by Gasteiger charge is -2.36. The van der Waals surface area contributed by atoms with E-state index in [-0.39, 0.29) is 11.5 Å². The molecule has 4 rings (SSSR count). The maximum atomic E-state index is 13.8. The van der Waals surface area contributed by atoms with Crippen LogP contribution in [0.3, 0.4) is 0 Å². The number of rotatable bonds is 3. The van der Waals surface area contributed by atoms with Gasteiger partial charge >= 0.3 is 0 Å². The third-order valence-electron chi connectivity index (χ3n) is 4.49. The molecule has 3 aromatic rings. The van der Waals surface area contributed by atoms with Crippen LogP contribution in [-0.4, -0.2) is 54.1 Å². The van der Waals surface area contributed by atoms with E-state index >= 15 is 0 Å². The fourth-order valence-corrected chi connectivity index (χ4v) is 3.12. The van der Waals surface area contributed by atoms with Crippen molar-refractivity contribution in [1.82, 2.24) is 14.9 Å². The summed E-state index contributed by atoms with van der Waals surface area (Å²) < 4.78 is 24.3. The summed E-state index contributed by atoms with van der Waals surface area (Å²) in [4.78, 5) is 24.8. The number of methoxy groups -OCH3 is 1. The Kier molecular flexibility index (Phi) is 4.16. The van der Waals surface area contributed by atoms with E-state index in [9.17, 15) is 9.18 Å². The van der Waals surface area contributed by atoms with Crippen molar-refractivity contribution in [3.05, 3.63) is 48.4 Å². The standard InChI is InChI=1S/C18H17FN4O3/c1-25-14-8-13(9-20-10-14)22-2-4-23(5-3-22)18(24)15-6-12(19)7-16-17(15)26-11-21-16/h6-11H,2-5H2,1H3. The van der Waals surface area contributed by atoms with Crippen LogP contribution in [0.2, 0.25) is 0 Å². The summed E-state index contributed by atoms with van der Waals surface area (Å²) in [7, 11) is 1.60. The first-order chi connectivity index (χ1) is 12.7. The van der Waals surface area contributed by atoms with E-state index in [2.05, 4.69) is 14.9 Å². The van der Waals surface area contributed by atoms with Gasteiger partial charge in [-0.15, -0.1) is 0 Å². The zero-order valence-electron chi connectivity index (χ0n) is 14.2. The first-order valence-corrected chi connectivity index (χ1v) is 8.22. The monoisotopic (exact) mass is 356 g/mol. The van der Waals surface area contributed by atoms with Crippen LogP contribution in [0, 0.1) is 5.82 Å². The molecule has 0 aliphatic carbocycles. The van der Waals surface area contributed by atoms with Gasteiger partial charge in [-0.2, -0.15) is 0 Å². The number of ether oxygens (including phenoxy) is 1. The third kappa shape index (κ3) is 2.94. The van der Waals surface area contributed by atoms with Crippen LogP contribution in [0.15, 0.2) is 41.4 Å². The zero-order chi connectivity index (χ0) is 18.1. The topological polar surface area (TPSA) is 71.7 Å². The average Bonchev–Trinajstić information content (AvgIpc) is 3.15. The summed E-state index contributed by atoms with van der Waals surface area (Å²) in [5, 5.41) is 0. The van der Waals surface area contributed by atoms with Gasteiger partial charge in [0.1, 0.15) is 17.1 Å². The summed E-state index contributed by atoms with van der Waals surface area (Å²) in [6.07, 6.45) is 4.63. The number of nitrogens with zero attached hydrogens (tertiary/aromatic N) is 4. The molecule has 0 spiro atoms. The number of fused-ring (bicyclic) bond motifs is 1. The molecular weight excluding hydrogens is 339 g/mol. The molecule has 0 atom stereocenters. The van der Waals surface area contributed by atoms with Gasteiger partial charge in [0, 0.05) is 38.3 Å². The maximum absolute atomic E-state index is 13.8. The Labute approximate surface area is 149 Å². The van der Waals surface area contributed by atoms with Crippen molar-refractivity contribution in [2.45, 2.75) is 0 Å². The summed E-state index contributed by atoms with van der Waals surface area (Å²) in [5.74, 6) is -0.0704. The number of amides is 1. The number of carbonyl (C=O) groups excluding carboxylic acids is 1. The first kappa shape index (κ1) is 16.3. The molecule has 1 aliphatic rings. The molecule has 1 amide bonds. The van der Waals surface area contributed by atoms with Crippen LogP contribution in [0.4, 0.5) is 10.1 Å². The molecule has 26 heavy (non-hydrogen) atoms. The number of aromatic nitrogens is 2. The van der Waals surface area contributed by atoms with Gasteiger partial charge in [0.05, 0.1) is 30.8 Å². The molecule has 134 valence electrons. The number of hydrogen-bond donors (Lipinski definition) is 0. The largest absolute Gasteiger partial charge is 0.495 e. The van der Waals surface area contributed by atoms with E-state index in [1.54, 1.807) is 24.4 Å². The SMILES string of the molecule is COc1cncc(N2CCN(C(=O)c3cc(F)cc4ncoc34)CC2)c1. The van der Waals surface area contributed by atoms with E-state index < -0.39 is 5.82 Å². The molecule has 1 saturated heterocycles. The second-order valence-electron chi connectivity index (χ2n) is 6.02. The Hall–Kier alpha value is -3.16. The zero-order valence-corrected chi connectivity index (χ0v) is 14.2. The summed E-state index contributed by atoms with van der Waals surface area (Å²) in [6, 6.07) is 4.37. The van der Waals surface area contributed by atoms with Crippen LogP contribution in [0.25, 0.3) is 11.1 Å². The van der Waals surface area contributed by atoms with Gasteiger partial charge in [0.2, 0.25) is 0 Å². The second-order valence-corrected chi connectivity index (χ2v) is 6.02.